The maximum Gasteiger partial charge on any atom is 0.228 e. The summed E-state index contributed by atoms with van der Waals surface area (Å²) in [5.41, 5.74) is 1.69. The first-order valence-electron chi connectivity index (χ1n) is 6.44. The zero-order valence-electron chi connectivity index (χ0n) is 11.2. The summed E-state index contributed by atoms with van der Waals surface area (Å²) in [5, 5.41) is 3.51. The van der Waals surface area contributed by atoms with Gasteiger partial charge in [-0.05, 0) is 48.9 Å². The molecule has 0 spiro atoms. The molecule has 0 heterocycles. The van der Waals surface area contributed by atoms with Crippen LogP contribution in [0, 0.1) is 0 Å². The lowest BCUT2D eigenvalue weighted by Gasteiger charge is -2.07. The quantitative estimate of drug-likeness (QED) is 0.906. The molecule has 104 valence electrons. The monoisotopic (exact) mass is 289 g/mol. The first-order chi connectivity index (χ1) is 9.67. The molecule has 0 aliphatic rings. The first kappa shape index (κ1) is 14.4. The average Bonchev–Trinajstić information content (AvgIpc) is 2.44. The van der Waals surface area contributed by atoms with Crippen molar-refractivity contribution >= 4 is 23.2 Å². The van der Waals surface area contributed by atoms with E-state index in [1.54, 1.807) is 12.1 Å². The Balaban J connectivity index is 1.92. The highest BCUT2D eigenvalue weighted by Gasteiger charge is 2.04. The Labute approximate surface area is 123 Å². The highest BCUT2D eigenvalue weighted by atomic mass is 35.5. The van der Waals surface area contributed by atoms with Crippen molar-refractivity contribution in [3.8, 4) is 5.75 Å². The van der Waals surface area contributed by atoms with E-state index in [9.17, 15) is 4.79 Å². The topological polar surface area (TPSA) is 38.3 Å². The zero-order valence-corrected chi connectivity index (χ0v) is 12.0. The van der Waals surface area contributed by atoms with Crippen molar-refractivity contribution in [3.63, 3.8) is 0 Å². The minimum absolute atomic E-state index is 0.0588. The van der Waals surface area contributed by atoms with Gasteiger partial charge in [0.05, 0.1) is 13.0 Å². The van der Waals surface area contributed by atoms with Gasteiger partial charge in [0, 0.05) is 10.7 Å². The number of hydrogen-bond acceptors (Lipinski definition) is 2. The standard InChI is InChI=1S/C16H16ClNO2/c1-2-20-15-9-7-14(8-10-15)18-16(19)11-12-3-5-13(17)6-4-12/h3-10H,2,11H2,1H3,(H,18,19). The molecule has 3 nitrogen and oxygen atoms in total. The minimum atomic E-state index is -0.0588. The van der Waals surface area contributed by atoms with Crippen LogP contribution in [0.15, 0.2) is 48.5 Å². The lowest BCUT2D eigenvalue weighted by Crippen LogP contribution is -2.14. The van der Waals surface area contributed by atoms with Crippen LogP contribution in [0.5, 0.6) is 5.75 Å². The maximum atomic E-state index is 11.9. The summed E-state index contributed by atoms with van der Waals surface area (Å²) in [6, 6.07) is 14.6. The molecule has 2 rings (SSSR count). The van der Waals surface area contributed by atoms with E-state index in [2.05, 4.69) is 5.32 Å². The molecule has 0 atom stereocenters. The maximum absolute atomic E-state index is 11.9. The molecule has 0 aliphatic heterocycles. The first-order valence-corrected chi connectivity index (χ1v) is 6.82. The molecule has 0 aromatic heterocycles. The fourth-order valence-electron chi connectivity index (χ4n) is 1.79. The number of halogens is 1. The van der Waals surface area contributed by atoms with Crippen molar-refractivity contribution in [1.29, 1.82) is 0 Å². The Bertz CT molecular complexity index is 564. The summed E-state index contributed by atoms with van der Waals surface area (Å²) in [7, 11) is 0. The number of nitrogens with one attached hydrogen (secondary N) is 1. The van der Waals surface area contributed by atoms with Crippen molar-refractivity contribution in [2.24, 2.45) is 0 Å². The molecule has 1 amide bonds. The molecule has 2 aromatic carbocycles. The summed E-state index contributed by atoms with van der Waals surface area (Å²) in [4.78, 5) is 11.9. The molecule has 0 unspecified atom stereocenters. The van der Waals surface area contributed by atoms with Crippen LogP contribution in [0.3, 0.4) is 0 Å². The highest BCUT2D eigenvalue weighted by molar-refractivity contribution is 6.30. The van der Waals surface area contributed by atoms with Gasteiger partial charge in [0.2, 0.25) is 5.91 Å². The van der Waals surface area contributed by atoms with Gasteiger partial charge in [-0.2, -0.15) is 0 Å². The van der Waals surface area contributed by atoms with Crippen LogP contribution in [0.2, 0.25) is 5.02 Å². The molecule has 0 radical (unpaired) electrons. The van der Waals surface area contributed by atoms with Crippen LogP contribution in [-0.4, -0.2) is 12.5 Å². The smallest absolute Gasteiger partial charge is 0.228 e. The van der Waals surface area contributed by atoms with Crippen LogP contribution in [0.25, 0.3) is 0 Å². The molecule has 4 heteroatoms. The Morgan fingerprint density at radius 2 is 1.75 bits per heavy atom. The predicted octanol–water partition coefficient (Wildman–Crippen LogP) is 3.92. The third kappa shape index (κ3) is 4.28. The van der Waals surface area contributed by atoms with Crippen LogP contribution in [0.4, 0.5) is 5.69 Å². The number of carbonyl (C=O) groups excluding carboxylic acids is 1. The van der Waals surface area contributed by atoms with Crippen LogP contribution < -0.4 is 10.1 Å². The van der Waals surface area contributed by atoms with Gasteiger partial charge >= 0.3 is 0 Å². The van der Waals surface area contributed by atoms with Gasteiger partial charge in [-0.15, -0.1) is 0 Å². The van der Waals surface area contributed by atoms with Crippen molar-refractivity contribution < 1.29 is 9.53 Å². The fraction of sp³-hybridized carbons (Fsp3) is 0.188. The molecule has 0 aliphatic carbocycles. The van der Waals surface area contributed by atoms with Gasteiger partial charge in [-0.25, -0.2) is 0 Å². The number of carbonyl (C=O) groups is 1. The van der Waals surface area contributed by atoms with E-state index in [1.807, 2.05) is 43.3 Å². The SMILES string of the molecule is CCOc1ccc(NC(=O)Cc2ccc(Cl)cc2)cc1. The van der Waals surface area contributed by atoms with E-state index in [1.165, 1.54) is 0 Å². The second-order valence-corrected chi connectivity index (χ2v) is 4.75. The summed E-state index contributed by atoms with van der Waals surface area (Å²) in [5.74, 6) is 0.736. The summed E-state index contributed by atoms with van der Waals surface area (Å²) in [6.45, 7) is 2.56. The number of anilines is 1. The van der Waals surface area contributed by atoms with Crippen molar-refractivity contribution in [1.82, 2.24) is 0 Å². The number of rotatable bonds is 5. The van der Waals surface area contributed by atoms with Gasteiger partial charge in [-0.1, -0.05) is 23.7 Å². The zero-order chi connectivity index (χ0) is 14.4. The number of ether oxygens (including phenoxy) is 1. The molecule has 20 heavy (non-hydrogen) atoms. The van der Waals surface area contributed by atoms with E-state index < -0.39 is 0 Å². The lowest BCUT2D eigenvalue weighted by molar-refractivity contribution is -0.115. The summed E-state index contributed by atoms with van der Waals surface area (Å²) in [6.07, 6.45) is 0.324. The molecule has 0 bridgehead atoms. The molecule has 2 aromatic rings. The van der Waals surface area contributed by atoms with Gasteiger partial charge in [0.1, 0.15) is 5.75 Å². The molecule has 0 fully saturated rings. The second-order valence-electron chi connectivity index (χ2n) is 4.31. The van der Waals surface area contributed by atoms with Crippen molar-refractivity contribution in [2.45, 2.75) is 13.3 Å². The lowest BCUT2D eigenvalue weighted by atomic mass is 10.1. The van der Waals surface area contributed by atoms with Crippen molar-refractivity contribution in [2.75, 3.05) is 11.9 Å². The number of amides is 1. The van der Waals surface area contributed by atoms with Crippen LogP contribution >= 0.6 is 11.6 Å². The van der Waals surface area contributed by atoms with Gasteiger partial charge in [-0.3, -0.25) is 4.79 Å². The normalized spacial score (nSPS) is 10.1. The molecule has 0 saturated carbocycles. The van der Waals surface area contributed by atoms with Gasteiger partial charge in [0.25, 0.3) is 0 Å². The van der Waals surface area contributed by atoms with Gasteiger partial charge < -0.3 is 10.1 Å². The van der Waals surface area contributed by atoms with Crippen molar-refractivity contribution in [3.05, 3.63) is 59.1 Å². The minimum Gasteiger partial charge on any atom is -0.494 e. The third-order valence-electron chi connectivity index (χ3n) is 2.73. The summed E-state index contributed by atoms with van der Waals surface area (Å²) < 4.78 is 5.35. The number of benzene rings is 2. The predicted molar refractivity (Wildman–Crippen MR) is 81.4 cm³/mol. The average molecular weight is 290 g/mol. The third-order valence-corrected chi connectivity index (χ3v) is 2.98. The van der Waals surface area contributed by atoms with E-state index in [0.717, 1.165) is 17.0 Å². The van der Waals surface area contributed by atoms with E-state index in [-0.39, 0.29) is 5.91 Å². The van der Waals surface area contributed by atoms with E-state index in [4.69, 9.17) is 16.3 Å². The summed E-state index contributed by atoms with van der Waals surface area (Å²) >= 11 is 5.81. The number of hydrogen-bond donors (Lipinski definition) is 1. The second kappa shape index (κ2) is 6.96. The Morgan fingerprint density at radius 3 is 2.35 bits per heavy atom. The largest absolute Gasteiger partial charge is 0.494 e. The Hall–Kier alpha value is -2.00. The van der Waals surface area contributed by atoms with E-state index >= 15 is 0 Å². The molecule has 0 saturated heterocycles. The van der Waals surface area contributed by atoms with E-state index in [0.29, 0.717) is 18.1 Å². The van der Waals surface area contributed by atoms with Gasteiger partial charge in [0.15, 0.2) is 0 Å². The molecular weight excluding hydrogens is 274 g/mol. The Morgan fingerprint density at radius 1 is 1.10 bits per heavy atom. The highest BCUT2D eigenvalue weighted by Crippen LogP contribution is 2.16. The Kier molecular flexibility index (Phi) is 5.02. The van der Waals surface area contributed by atoms with Crippen LogP contribution in [0.1, 0.15) is 12.5 Å². The molecule has 1 N–H and O–H groups in total. The van der Waals surface area contributed by atoms with Crippen LogP contribution in [-0.2, 0) is 11.2 Å². The molecular formula is C16H16ClNO2. The fourth-order valence-corrected chi connectivity index (χ4v) is 1.92.